The van der Waals surface area contributed by atoms with Crippen LogP contribution in [0.4, 0.5) is 0 Å². The third-order valence-corrected chi connectivity index (χ3v) is 5.51. The van der Waals surface area contributed by atoms with E-state index in [0.717, 1.165) is 38.5 Å². The van der Waals surface area contributed by atoms with Crippen LogP contribution in [0.15, 0.2) is 0 Å². The number of hydroxylamine groups is 2. The molecule has 3 amide bonds. The number of Topliss-reactive ketones (excluding diaryl/α,β-unsaturated/α-hetero) is 1. The van der Waals surface area contributed by atoms with Crippen LogP contribution in [0.25, 0.3) is 0 Å². The van der Waals surface area contributed by atoms with Gasteiger partial charge in [-0.2, -0.15) is 0 Å². The van der Waals surface area contributed by atoms with Crippen molar-refractivity contribution in [2.24, 2.45) is 0 Å². The molecule has 182 valence electrons. The fourth-order valence-electron chi connectivity index (χ4n) is 3.60. The Kier molecular flexibility index (Phi) is 15.0. The maximum atomic E-state index is 11.8. The molecule has 1 saturated heterocycles. The lowest BCUT2D eigenvalue weighted by Gasteiger charge is -2.12. The van der Waals surface area contributed by atoms with Crippen molar-refractivity contribution in [1.29, 1.82) is 0 Å². The molecule has 1 N–H and O–H groups in total. The summed E-state index contributed by atoms with van der Waals surface area (Å²) in [5, 5.41) is 3.32. The van der Waals surface area contributed by atoms with E-state index in [9.17, 15) is 24.0 Å². The highest BCUT2D eigenvalue weighted by molar-refractivity contribution is 6.01. The largest absolute Gasteiger partial charge is 0.356 e. The predicted molar refractivity (Wildman–Crippen MR) is 120 cm³/mol. The van der Waals surface area contributed by atoms with Crippen LogP contribution >= 0.6 is 0 Å². The van der Waals surface area contributed by atoms with E-state index in [4.69, 9.17) is 4.84 Å². The molecule has 0 atom stereocenters. The predicted octanol–water partition coefficient (Wildman–Crippen LogP) is 4.15. The normalized spacial score (nSPS) is 13.5. The summed E-state index contributed by atoms with van der Waals surface area (Å²) >= 11 is 0. The van der Waals surface area contributed by atoms with Gasteiger partial charge in [0.05, 0.1) is 0 Å². The zero-order valence-electron chi connectivity index (χ0n) is 19.6. The first-order valence-electron chi connectivity index (χ1n) is 12.2. The van der Waals surface area contributed by atoms with E-state index in [0.29, 0.717) is 24.4 Å². The van der Waals surface area contributed by atoms with Gasteiger partial charge < -0.3 is 14.9 Å². The van der Waals surface area contributed by atoms with Gasteiger partial charge in [-0.05, 0) is 26.2 Å². The molecule has 0 spiro atoms. The average Bonchev–Trinajstić information content (AvgIpc) is 3.06. The second kappa shape index (κ2) is 17.3. The van der Waals surface area contributed by atoms with E-state index in [1.165, 1.54) is 38.5 Å². The minimum absolute atomic E-state index is 0.0203. The monoisotopic (exact) mass is 452 g/mol. The average molecular weight is 453 g/mol. The molecule has 32 heavy (non-hydrogen) atoms. The van der Waals surface area contributed by atoms with E-state index < -0.39 is 17.8 Å². The third kappa shape index (κ3) is 13.9. The summed E-state index contributed by atoms with van der Waals surface area (Å²) in [6.07, 6.45) is 14.5. The first kappa shape index (κ1) is 27.8. The molecular formula is C24H40N2O6. The first-order chi connectivity index (χ1) is 15.4. The molecule has 0 bridgehead atoms. The van der Waals surface area contributed by atoms with Gasteiger partial charge >= 0.3 is 5.97 Å². The molecule has 0 aromatic carbocycles. The van der Waals surface area contributed by atoms with Crippen molar-refractivity contribution in [2.75, 3.05) is 6.54 Å². The van der Waals surface area contributed by atoms with Crippen LogP contribution in [0.2, 0.25) is 0 Å². The Morgan fingerprint density at radius 2 is 1.19 bits per heavy atom. The Hall–Kier alpha value is -2.25. The number of unbranched alkanes of at least 4 members (excludes halogenated alkanes) is 10. The minimum atomic E-state index is -0.643. The van der Waals surface area contributed by atoms with Gasteiger partial charge in [0.1, 0.15) is 5.78 Å². The maximum Gasteiger partial charge on any atom is 0.333 e. The zero-order valence-corrected chi connectivity index (χ0v) is 19.6. The van der Waals surface area contributed by atoms with Crippen LogP contribution in [0.5, 0.6) is 0 Å². The minimum Gasteiger partial charge on any atom is -0.356 e. The lowest BCUT2D eigenvalue weighted by atomic mass is 10.0. The van der Waals surface area contributed by atoms with Crippen LogP contribution < -0.4 is 5.32 Å². The van der Waals surface area contributed by atoms with Crippen molar-refractivity contribution in [2.45, 2.75) is 116 Å². The smallest absolute Gasteiger partial charge is 0.333 e. The molecule has 0 aromatic rings. The summed E-state index contributed by atoms with van der Waals surface area (Å²) in [7, 11) is 0. The van der Waals surface area contributed by atoms with Crippen molar-refractivity contribution < 1.29 is 28.8 Å². The number of hydrogen-bond donors (Lipinski definition) is 1. The Morgan fingerprint density at radius 1 is 0.719 bits per heavy atom. The van der Waals surface area contributed by atoms with Crippen LogP contribution in [0, 0.1) is 0 Å². The van der Waals surface area contributed by atoms with E-state index in [-0.39, 0.29) is 31.0 Å². The summed E-state index contributed by atoms with van der Waals surface area (Å²) in [6.45, 7) is 2.02. The Morgan fingerprint density at radius 3 is 1.69 bits per heavy atom. The Bertz CT molecular complexity index is 604. The highest BCUT2D eigenvalue weighted by atomic mass is 16.7. The molecular weight excluding hydrogens is 412 g/mol. The zero-order chi connectivity index (χ0) is 23.6. The highest BCUT2D eigenvalue weighted by Gasteiger charge is 2.32. The van der Waals surface area contributed by atoms with Gasteiger partial charge in [-0.15, -0.1) is 5.06 Å². The molecule has 0 unspecified atom stereocenters. The number of nitrogens with zero attached hydrogens (tertiary/aromatic N) is 1. The fourth-order valence-corrected chi connectivity index (χ4v) is 3.60. The number of carbonyl (C=O) groups is 5. The molecule has 0 aliphatic carbocycles. The van der Waals surface area contributed by atoms with Gasteiger partial charge in [-0.25, -0.2) is 4.79 Å². The fraction of sp³-hybridized carbons (Fsp3) is 0.792. The quantitative estimate of drug-likeness (QED) is 0.233. The van der Waals surface area contributed by atoms with Crippen LogP contribution in [-0.2, 0) is 28.8 Å². The molecule has 1 aliphatic rings. The number of ketones is 1. The van der Waals surface area contributed by atoms with Crippen molar-refractivity contribution >= 4 is 29.5 Å². The molecule has 1 heterocycles. The second-order valence-corrected chi connectivity index (χ2v) is 8.59. The molecule has 0 radical (unpaired) electrons. The van der Waals surface area contributed by atoms with Crippen LogP contribution in [0.1, 0.15) is 116 Å². The number of imide groups is 1. The summed E-state index contributed by atoms with van der Waals surface area (Å²) in [5.41, 5.74) is 0. The topological polar surface area (TPSA) is 110 Å². The standard InChI is InChI=1S/C24H40N2O6/c1-20(27)14-11-9-7-5-3-2-4-6-8-10-12-15-21(28)25-19-13-16-24(31)32-26-22(29)17-18-23(26)30/h2-19H2,1H3,(H,25,28). The van der Waals surface area contributed by atoms with E-state index in [2.05, 4.69) is 5.32 Å². The molecule has 0 aromatic heterocycles. The third-order valence-electron chi connectivity index (χ3n) is 5.51. The van der Waals surface area contributed by atoms with Gasteiger partial charge in [0, 0.05) is 38.6 Å². The molecule has 1 aliphatic heterocycles. The summed E-state index contributed by atoms with van der Waals surface area (Å²) in [6, 6.07) is 0. The number of nitrogens with one attached hydrogen (secondary N) is 1. The van der Waals surface area contributed by atoms with Crippen molar-refractivity contribution in [3.8, 4) is 0 Å². The number of amides is 3. The molecule has 0 saturated carbocycles. The number of hydrogen-bond acceptors (Lipinski definition) is 6. The van der Waals surface area contributed by atoms with Crippen LogP contribution in [0.3, 0.4) is 0 Å². The highest BCUT2D eigenvalue weighted by Crippen LogP contribution is 2.14. The summed E-state index contributed by atoms with van der Waals surface area (Å²) in [5.74, 6) is -1.36. The van der Waals surface area contributed by atoms with E-state index in [1.807, 2.05) is 0 Å². The van der Waals surface area contributed by atoms with Gasteiger partial charge in [-0.3, -0.25) is 14.4 Å². The summed E-state index contributed by atoms with van der Waals surface area (Å²) < 4.78 is 0. The van der Waals surface area contributed by atoms with Gasteiger partial charge in [0.15, 0.2) is 0 Å². The van der Waals surface area contributed by atoms with Crippen LogP contribution in [-0.4, -0.2) is 41.1 Å². The lowest BCUT2D eigenvalue weighted by Crippen LogP contribution is -2.32. The molecule has 1 fully saturated rings. The number of rotatable bonds is 19. The van der Waals surface area contributed by atoms with E-state index in [1.54, 1.807) is 6.92 Å². The maximum absolute atomic E-state index is 11.8. The molecule has 8 nitrogen and oxygen atoms in total. The first-order valence-corrected chi connectivity index (χ1v) is 12.2. The van der Waals surface area contributed by atoms with Gasteiger partial charge in [0.2, 0.25) is 5.91 Å². The lowest BCUT2D eigenvalue weighted by molar-refractivity contribution is -0.197. The second-order valence-electron chi connectivity index (χ2n) is 8.59. The van der Waals surface area contributed by atoms with Crippen molar-refractivity contribution in [3.63, 3.8) is 0 Å². The molecule has 1 rings (SSSR count). The van der Waals surface area contributed by atoms with Crippen molar-refractivity contribution in [1.82, 2.24) is 10.4 Å². The Balaban J connectivity index is 1.85. The summed E-state index contributed by atoms with van der Waals surface area (Å²) in [4.78, 5) is 61.9. The SMILES string of the molecule is CC(=O)CCCCCCCCCCCCCC(=O)NCCCC(=O)ON1C(=O)CCC1=O. The Labute approximate surface area is 191 Å². The van der Waals surface area contributed by atoms with Crippen molar-refractivity contribution in [3.05, 3.63) is 0 Å². The number of carbonyl (C=O) groups excluding carboxylic acids is 5. The van der Waals surface area contributed by atoms with Gasteiger partial charge in [-0.1, -0.05) is 57.8 Å². The molecule has 8 heteroatoms. The van der Waals surface area contributed by atoms with Gasteiger partial charge in [0.25, 0.3) is 11.8 Å². The van der Waals surface area contributed by atoms with E-state index >= 15 is 0 Å².